The molecule has 0 spiro atoms. The quantitative estimate of drug-likeness (QED) is 0.0927. The average molecular weight is 447 g/mol. The highest BCUT2D eigenvalue weighted by Gasteiger charge is 2.45. The van der Waals surface area contributed by atoms with Gasteiger partial charge in [-0.2, -0.15) is 0 Å². The van der Waals surface area contributed by atoms with Crippen molar-refractivity contribution in [2.75, 3.05) is 33.0 Å². The van der Waals surface area contributed by atoms with Gasteiger partial charge in [0, 0.05) is 26.4 Å². The molecule has 0 N–H and O–H groups in total. The van der Waals surface area contributed by atoms with Crippen molar-refractivity contribution in [3.8, 4) is 0 Å². The van der Waals surface area contributed by atoms with E-state index in [2.05, 4.69) is 20.8 Å². The summed E-state index contributed by atoms with van der Waals surface area (Å²) in [6.45, 7) is 10.3. The number of ether oxygens (including phenoxy) is 1. The zero-order valence-corrected chi connectivity index (χ0v) is 21.3. The van der Waals surface area contributed by atoms with Gasteiger partial charge in [-0.1, -0.05) is 78.6 Å². The van der Waals surface area contributed by atoms with Crippen LogP contribution in [0.3, 0.4) is 0 Å². The first-order valence-electron chi connectivity index (χ1n) is 12.9. The zero-order chi connectivity index (χ0) is 21.8. The Kier molecular flexibility index (Phi) is 18.4. The first kappa shape index (κ1) is 28.1. The van der Waals surface area contributed by atoms with Gasteiger partial charge in [0.15, 0.2) is 0 Å². The first-order valence-corrected chi connectivity index (χ1v) is 14.6. The van der Waals surface area contributed by atoms with E-state index in [1.807, 2.05) is 0 Å². The lowest BCUT2D eigenvalue weighted by Crippen LogP contribution is -2.50. The second-order valence-electron chi connectivity index (χ2n) is 8.53. The van der Waals surface area contributed by atoms with E-state index in [1.165, 1.54) is 57.8 Å². The van der Waals surface area contributed by atoms with Gasteiger partial charge in [-0.25, -0.2) is 0 Å². The Labute approximate surface area is 188 Å². The molecule has 0 radical (unpaired) electrons. The van der Waals surface area contributed by atoms with Gasteiger partial charge in [0.2, 0.25) is 0 Å². The molecule has 1 aliphatic heterocycles. The van der Waals surface area contributed by atoms with Crippen LogP contribution in [0.4, 0.5) is 0 Å². The second-order valence-corrected chi connectivity index (χ2v) is 10.7. The predicted molar refractivity (Wildman–Crippen MR) is 126 cm³/mol. The minimum atomic E-state index is -3.07. The van der Waals surface area contributed by atoms with Crippen LogP contribution in [0.1, 0.15) is 117 Å². The number of hydrogen-bond donors (Lipinski definition) is 0. The van der Waals surface area contributed by atoms with E-state index in [0.29, 0.717) is 32.5 Å². The van der Waals surface area contributed by atoms with Crippen molar-refractivity contribution in [3.63, 3.8) is 0 Å². The van der Waals surface area contributed by atoms with Crippen LogP contribution in [0.2, 0.25) is 0 Å². The predicted octanol–water partition coefficient (Wildman–Crippen LogP) is 6.80. The highest BCUT2D eigenvalue weighted by molar-refractivity contribution is 6.53. The van der Waals surface area contributed by atoms with E-state index in [0.717, 1.165) is 45.1 Å². The Morgan fingerprint density at radius 2 is 0.933 bits per heavy atom. The lowest BCUT2D eigenvalue weighted by atomic mass is 10.2. The van der Waals surface area contributed by atoms with Crippen molar-refractivity contribution in [1.29, 1.82) is 0 Å². The number of hydrogen-bond acceptors (Lipinski definition) is 5. The van der Waals surface area contributed by atoms with Gasteiger partial charge in [-0.15, -0.1) is 0 Å². The molecule has 1 rings (SSSR count). The summed E-state index contributed by atoms with van der Waals surface area (Å²) in [6, 6.07) is 0. The number of rotatable bonds is 24. The normalized spacial score (nSPS) is 16.3. The van der Waals surface area contributed by atoms with Gasteiger partial charge >= 0.3 is 9.05 Å². The van der Waals surface area contributed by atoms with E-state index in [9.17, 15) is 0 Å². The summed E-state index contributed by atoms with van der Waals surface area (Å²) >= 11 is 0. The Morgan fingerprint density at radius 3 is 1.27 bits per heavy atom. The lowest BCUT2D eigenvalue weighted by Gasteiger charge is -2.28. The fourth-order valence-corrected chi connectivity index (χ4v) is 5.41. The Bertz CT molecular complexity index is 329. The van der Waals surface area contributed by atoms with Gasteiger partial charge in [0.05, 0.1) is 12.7 Å². The topological polar surface area (TPSA) is 49.5 Å². The summed E-state index contributed by atoms with van der Waals surface area (Å²) in [5, 5.41) is 0. The molecule has 1 aliphatic rings. The maximum Gasteiger partial charge on any atom is 0.679 e. The average Bonchev–Trinajstić information content (AvgIpc) is 3.57. The van der Waals surface area contributed by atoms with Crippen LogP contribution >= 0.6 is 0 Å². The fraction of sp³-hybridized carbons (Fsp3) is 1.00. The molecule has 1 unspecified atom stereocenters. The zero-order valence-electron chi connectivity index (χ0n) is 20.3. The molecule has 0 aromatic rings. The third-order valence-corrected chi connectivity index (χ3v) is 7.66. The molecule has 0 amide bonds. The first-order chi connectivity index (χ1) is 14.8. The van der Waals surface area contributed by atoms with Crippen molar-refractivity contribution in [1.82, 2.24) is 0 Å². The number of unbranched alkanes of at least 4 members (excludes halogenated alkanes) is 10. The molecule has 1 saturated heterocycles. The number of epoxide rings is 1. The molecule has 1 atom stereocenters. The maximum absolute atomic E-state index is 6.28. The van der Waals surface area contributed by atoms with Gasteiger partial charge < -0.3 is 22.4 Å². The smallest absolute Gasteiger partial charge is 0.373 e. The molecular weight excluding hydrogens is 396 g/mol. The fourth-order valence-electron chi connectivity index (χ4n) is 3.33. The van der Waals surface area contributed by atoms with E-state index >= 15 is 0 Å². The summed E-state index contributed by atoms with van der Waals surface area (Å²) in [5.41, 5.74) is 0. The molecule has 0 aliphatic carbocycles. The van der Waals surface area contributed by atoms with Gasteiger partial charge in [-0.3, -0.25) is 0 Å². The lowest BCUT2D eigenvalue weighted by molar-refractivity contribution is -0.0375. The van der Waals surface area contributed by atoms with Crippen LogP contribution in [0, 0.1) is 0 Å². The van der Waals surface area contributed by atoms with Crippen molar-refractivity contribution in [2.45, 2.75) is 123 Å². The second kappa shape index (κ2) is 19.7. The Hall–Kier alpha value is 0.0169. The van der Waals surface area contributed by atoms with Gasteiger partial charge in [0.25, 0.3) is 0 Å². The maximum atomic E-state index is 6.28. The van der Waals surface area contributed by atoms with Crippen molar-refractivity contribution < 1.29 is 22.4 Å². The molecule has 1 heterocycles. The monoisotopic (exact) mass is 446 g/mol. The summed E-state index contributed by atoms with van der Waals surface area (Å²) in [6.07, 6.45) is 17.9. The van der Waals surface area contributed by atoms with Crippen LogP contribution in [0.15, 0.2) is 0 Å². The summed E-state index contributed by atoms with van der Waals surface area (Å²) in [4.78, 5) is 0. The largest absolute Gasteiger partial charge is 0.679 e. The van der Waals surface area contributed by atoms with Crippen LogP contribution in [0.5, 0.6) is 0 Å². The highest BCUT2D eigenvalue weighted by atomic mass is 28.4. The molecule has 5 nitrogen and oxygen atoms in total. The van der Waals surface area contributed by atoms with Gasteiger partial charge in [-0.05, 0) is 38.5 Å². The Balaban J connectivity index is 2.50. The van der Waals surface area contributed by atoms with Crippen molar-refractivity contribution in [3.05, 3.63) is 0 Å². The van der Waals surface area contributed by atoms with Crippen molar-refractivity contribution >= 4 is 9.05 Å². The molecule has 180 valence electrons. The third-order valence-electron chi connectivity index (χ3n) is 5.43. The van der Waals surface area contributed by atoms with Crippen LogP contribution in [-0.2, 0) is 22.4 Å². The summed E-state index contributed by atoms with van der Waals surface area (Å²) < 4.78 is 30.4. The Morgan fingerprint density at radius 1 is 0.567 bits per heavy atom. The molecule has 1 fully saturated rings. The van der Waals surface area contributed by atoms with Gasteiger partial charge in [0.1, 0.15) is 0 Å². The van der Waals surface area contributed by atoms with E-state index in [4.69, 9.17) is 22.4 Å². The summed E-state index contributed by atoms with van der Waals surface area (Å²) in [5.74, 6) is 0. The van der Waals surface area contributed by atoms with E-state index in [1.54, 1.807) is 0 Å². The molecule has 30 heavy (non-hydrogen) atoms. The SMILES string of the molecule is CCCCCCO[Si](OCCCCCC)(OCCCCCC)OCCCCC1CO1. The molecule has 0 aromatic heterocycles. The third kappa shape index (κ3) is 15.8. The standard InChI is InChI=1S/C24H50O5Si/c1-4-7-10-14-19-26-30(27-20-15-11-8-5-2,28-21-16-12-9-6-3)29-22-17-13-18-24-23-25-24/h24H,4-23H2,1-3H3. The van der Waals surface area contributed by atoms with Crippen LogP contribution in [0.25, 0.3) is 0 Å². The van der Waals surface area contributed by atoms with Crippen LogP contribution < -0.4 is 0 Å². The van der Waals surface area contributed by atoms with Crippen LogP contribution in [-0.4, -0.2) is 48.2 Å². The molecule has 0 bridgehead atoms. The van der Waals surface area contributed by atoms with E-state index in [-0.39, 0.29) is 0 Å². The molecule has 0 aromatic carbocycles. The summed E-state index contributed by atoms with van der Waals surface area (Å²) in [7, 11) is -3.07. The minimum Gasteiger partial charge on any atom is -0.373 e. The highest BCUT2D eigenvalue weighted by Crippen LogP contribution is 2.19. The molecular formula is C24H50O5Si. The van der Waals surface area contributed by atoms with E-state index < -0.39 is 9.05 Å². The molecule has 6 heteroatoms. The molecule has 0 saturated carbocycles. The van der Waals surface area contributed by atoms with Crippen molar-refractivity contribution in [2.24, 2.45) is 0 Å². The minimum absolute atomic E-state index is 0.492.